The topological polar surface area (TPSA) is 35.5 Å². The molecule has 0 bridgehead atoms. The van der Waals surface area contributed by atoms with Crippen molar-refractivity contribution in [3.63, 3.8) is 0 Å². The van der Waals surface area contributed by atoms with Crippen molar-refractivity contribution in [2.24, 2.45) is 0 Å². The Labute approximate surface area is 107 Å². The smallest absolute Gasteiger partial charge is 0.338 e. The van der Waals surface area contributed by atoms with Crippen molar-refractivity contribution in [3.05, 3.63) is 35.9 Å². The lowest BCUT2D eigenvalue weighted by Gasteiger charge is -2.10. The van der Waals surface area contributed by atoms with Gasteiger partial charge in [-0.05, 0) is 12.1 Å². The van der Waals surface area contributed by atoms with Crippen LogP contribution in [0.25, 0.3) is 0 Å². The van der Waals surface area contributed by atoms with Crippen LogP contribution in [0.1, 0.15) is 16.8 Å². The fourth-order valence-corrected chi connectivity index (χ4v) is 2.14. The van der Waals surface area contributed by atoms with Gasteiger partial charge in [0, 0.05) is 6.42 Å². The largest absolute Gasteiger partial charge is 0.459 e. The molecule has 0 unspecified atom stereocenters. The van der Waals surface area contributed by atoms with E-state index in [2.05, 4.69) is 15.9 Å². The Kier molecular flexibility index (Phi) is 4.12. The van der Waals surface area contributed by atoms with E-state index in [0.29, 0.717) is 5.56 Å². The van der Waals surface area contributed by atoms with Crippen LogP contribution >= 0.6 is 15.9 Å². The maximum absolute atomic E-state index is 13.1. The van der Waals surface area contributed by atoms with Crippen molar-refractivity contribution >= 4 is 21.9 Å². The predicted molar refractivity (Wildman–Crippen MR) is 63.8 cm³/mol. The Bertz CT molecular complexity index is 375. The van der Waals surface area contributed by atoms with E-state index in [1.54, 1.807) is 24.3 Å². The molecule has 17 heavy (non-hydrogen) atoms. The molecule has 2 rings (SSSR count). The van der Waals surface area contributed by atoms with E-state index >= 15 is 0 Å². The molecule has 1 aliphatic rings. The van der Waals surface area contributed by atoms with Crippen LogP contribution in [-0.2, 0) is 9.47 Å². The number of carbonyl (C=O) groups excluding carboxylic acids is 1. The van der Waals surface area contributed by atoms with Crippen LogP contribution in [0.4, 0.5) is 4.39 Å². The first-order valence-electron chi connectivity index (χ1n) is 5.32. The minimum absolute atomic E-state index is 0.0796. The summed E-state index contributed by atoms with van der Waals surface area (Å²) in [7, 11) is 0. The van der Waals surface area contributed by atoms with E-state index < -0.39 is 17.2 Å². The summed E-state index contributed by atoms with van der Waals surface area (Å²) in [6, 6.07) is 8.68. The Morgan fingerprint density at radius 1 is 1.47 bits per heavy atom. The van der Waals surface area contributed by atoms with Crippen molar-refractivity contribution in [3.8, 4) is 0 Å². The summed E-state index contributed by atoms with van der Waals surface area (Å²) in [5.41, 5.74) is 0.484. The Morgan fingerprint density at radius 2 is 2.18 bits per heavy atom. The van der Waals surface area contributed by atoms with Gasteiger partial charge in [-0.3, -0.25) is 0 Å². The third-order valence-corrected chi connectivity index (χ3v) is 3.29. The number of benzene rings is 1. The Morgan fingerprint density at radius 3 is 2.76 bits per heavy atom. The molecule has 1 aromatic rings. The summed E-state index contributed by atoms with van der Waals surface area (Å²) in [5, 5.41) is -0.595. The number of ether oxygens (including phenoxy) is 2. The molecule has 3 nitrogen and oxygen atoms in total. The van der Waals surface area contributed by atoms with Gasteiger partial charge in [0.15, 0.2) is 0 Å². The monoisotopic (exact) mass is 302 g/mol. The molecular weight excluding hydrogens is 291 g/mol. The maximum atomic E-state index is 13.1. The van der Waals surface area contributed by atoms with Crippen LogP contribution in [0.3, 0.4) is 0 Å². The maximum Gasteiger partial charge on any atom is 0.338 e. The summed E-state index contributed by atoms with van der Waals surface area (Å²) in [6.45, 7) is 0.0796. The van der Waals surface area contributed by atoms with E-state index in [0.717, 1.165) is 0 Å². The molecule has 0 saturated carbocycles. The highest BCUT2D eigenvalue weighted by Gasteiger charge is 2.34. The lowest BCUT2D eigenvalue weighted by molar-refractivity contribution is 0.0107. The summed E-state index contributed by atoms with van der Waals surface area (Å²) in [6.07, 6.45) is -1.17. The molecule has 1 aromatic carbocycles. The molecule has 0 radical (unpaired) electrons. The van der Waals surface area contributed by atoms with E-state index in [9.17, 15) is 9.18 Å². The lowest BCUT2D eigenvalue weighted by atomic mass is 10.2. The van der Waals surface area contributed by atoms with Crippen molar-refractivity contribution in [1.29, 1.82) is 0 Å². The number of alkyl halides is 2. The first kappa shape index (κ1) is 12.5. The molecule has 0 spiro atoms. The van der Waals surface area contributed by atoms with Gasteiger partial charge in [0.2, 0.25) is 0 Å². The van der Waals surface area contributed by atoms with Gasteiger partial charge in [-0.25, -0.2) is 9.18 Å². The van der Waals surface area contributed by atoms with Crippen LogP contribution in [0.15, 0.2) is 30.3 Å². The highest BCUT2D eigenvalue weighted by atomic mass is 79.9. The molecule has 0 aliphatic carbocycles. The van der Waals surface area contributed by atoms with Gasteiger partial charge in [0.25, 0.3) is 0 Å². The van der Waals surface area contributed by atoms with Gasteiger partial charge >= 0.3 is 5.97 Å². The fraction of sp³-hybridized carbons (Fsp3) is 0.417. The van der Waals surface area contributed by atoms with Gasteiger partial charge < -0.3 is 9.47 Å². The third kappa shape index (κ3) is 3.26. The average molecular weight is 303 g/mol. The molecule has 0 aromatic heterocycles. The van der Waals surface area contributed by atoms with Gasteiger partial charge in [-0.15, -0.1) is 0 Å². The second-order valence-corrected chi connectivity index (χ2v) is 4.73. The number of halogens is 2. The Hall–Kier alpha value is -0.940. The average Bonchev–Trinajstić information content (AvgIpc) is 2.67. The minimum Gasteiger partial charge on any atom is -0.459 e. The fourth-order valence-electron chi connectivity index (χ4n) is 1.62. The lowest BCUT2D eigenvalue weighted by Crippen LogP contribution is -2.18. The first-order chi connectivity index (χ1) is 8.16. The van der Waals surface area contributed by atoms with Crippen molar-refractivity contribution < 1.29 is 18.7 Å². The van der Waals surface area contributed by atoms with Crippen molar-refractivity contribution in [2.75, 3.05) is 6.61 Å². The van der Waals surface area contributed by atoms with Crippen molar-refractivity contribution in [2.45, 2.75) is 23.7 Å². The molecule has 0 amide bonds. The number of rotatable bonds is 3. The van der Waals surface area contributed by atoms with Gasteiger partial charge in [-0.2, -0.15) is 0 Å². The summed E-state index contributed by atoms with van der Waals surface area (Å²) in [5.74, 6) is -0.414. The number of hydrogen-bond acceptors (Lipinski definition) is 3. The summed E-state index contributed by atoms with van der Waals surface area (Å²) in [4.78, 5) is 11.6. The molecule has 1 heterocycles. The zero-order chi connectivity index (χ0) is 12.3. The summed E-state index contributed by atoms with van der Waals surface area (Å²) < 4.78 is 23.4. The molecule has 1 saturated heterocycles. The molecular formula is C12H12BrFO3. The first-order valence-corrected chi connectivity index (χ1v) is 6.24. The van der Waals surface area contributed by atoms with Gasteiger partial charge in [0.1, 0.15) is 17.8 Å². The van der Waals surface area contributed by atoms with Gasteiger partial charge in [0.05, 0.1) is 11.7 Å². The summed E-state index contributed by atoms with van der Waals surface area (Å²) >= 11 is 3.06. The minimum atomic E-state index is -1.05. The van der Waals surface area contributed by atoms with Crippen LogP contribution in [0.2, 0.25) is 0 Å². The van der Waals surface area contributed by atoms with Crippen LogP contribution < -0.4 is 0 Å². The third-order valence-electron chi connectivity index (χ3n) is 2.50. The Balaban J connectivity index is 1.81. The van der Waals surface area contributed by atoms with Gasteiger partial charge in [-0.1, -0.05) is 34.1 Å². The quantitative estimate of drug-likeness (QED) is 0.636. The molecule has 92 valence electrons. The number of carbonyl (C=O) groups is 1. The van der Waals surface area contributed by atoms with E-state index in [4.69, 9.17) is 9.47 Å². The second kappa shape index (κ2) is 5.60. The molecule has 1 aliphatic heterocycles. The van der Waals surface area contributed by atoms with Crippen LogP contribution in [0.5, 0.6) is 0 Å². The molecule has 5 heteroatoms. The standard InChI is InChI=1S/C12H12BrFO3/c13-11-10(14)6-9(17-11)7-16-12(15)8-4-2-1-3-5-8/h1-5,9-11H,6-7H2/t9-,10-,11-/m0/s1. The van der Waals surface area contributed by atoms with E-state index in [1.807, 2.05) is 6.07 Å². The van der Waals surface area contributed by atoms with E-state index in [-0.39, 0.29) is 19.1 Å². The second-order valence-electron chi connectivity index (χ2n) is 3.83. The van der Waals surface area contributed by atoms with Crippen LogP contribution in [-0.4, -0.2) is 29.9 Å². The molecule has 1 fully saturated rings. The number of esters is 1. The van der Waals surface area contributed by atoms with Crippen molar-refractivity contribution in [1.82, 2.24) is 0 Å². The molecule has 0 N–H and O–H groups in total. The zero-order valence-corrected chi connectivity index (χ0v) is 10.6. The highest BCUT2D eigenvalue weighted by molar-refractivity contribution is 9.09. The number of hydrogen-bond donors (Lipinski definition) is 0. The normalized spacial score (nSPS) is 28.0. The van der Waals surface area contributed by atoms with E-state index in [1.165, 1.54) is 0 Å². The highest BCUT2D eigenvalue weighted by Crippen LogP contribution is 2.27. The zero-order valence-electron chi connectivity index (χ0n) is 9.01. The SMILES string of the molecule is O=C(OC[C@@H]1C[C@H](F)[C@@H](Br)O1)c1ccccc1. The van der Waals surface area contributed by atoms with Crippen LogP contribution in [0, 0.1) is 0 Å². The molecule has 3 atom stereocenters. The predicted octanol–water partition coefficient (Wildman–Crippen LogP) is 2.69.